The van der Waals surface area contributed by atoms with E-state index in [0.29, 0.717) is 24.5 Å². The number of hydrogen-bond acceptors (Lipinski definition) is 4. The number of methoxy groups -OCH3 is 1. The Balaban J connectivity index is 1.84. The standard InChI is InChI=1S/C19H28N2O4S/c1-15(18(22)20-10-5-13-25-2)26(24)14-16-6-8-17(9-7-16)19(23)21-11-3-4-12-21/h6-9,15H,3-5,10-14H2,1-2H3,(H,20,22). The number of ether oxygens (including phenoxy) is 1. The van der Waals surface area contributed by atoms with Crippen LogP contribution in [0.1, 0.15) is 42.1 Å². The first-order valence-corrected chi connectivity index (χ1v) is 10.4. The molecule has 0 bridgehead atoms. The molecule has 7 heteroatoms. The van der Waals surface area contributed by atoms with Crippen LogP contribution >= 0.6 is 0 Å². The summed E-state index contributed by atoms with van der Waals surface area (Å²) < 4.78 is 17.4. The van der Waals surface area contributed by atoms with E-state index in [0.717, 1.165) is 37.9 Å². The van der Waals surface area contributed by atoms with Crippen LogP contribution in [0, 0.1) is 0 Å². The predicted molar refractivity (Wildman–Crippen MR) is 102 cm³/mol. The molecule has 1 aliphatic rings. The van der Waals surface area contributed by atoms with Crippen LogP contribution in [0.4, 0.5) is 0 Å². The maximum atomic E-state index is 12.4. The molecule has 1 N–H and O–H groups in total. The fourth-order valence-electron chi connectivity index (χ4n) is 2.83. The quantitative estimate of drug-likeness (QED) is 0.662. The van der Waals surface area contributed by atoms with E-state index in [1.54, 1.807) is 26.2 Å². The van der Waals surface area contributed by atoms with E-state index in [1.807, 2.05) is 17.0 Å². The molecule has 1 fully saturated rings. The summed E-state index contributed by atoms with van der Waals surface area (Å²) in [5.74, 6) is 0.143. The second-order valence-corrected chi connectivity index (χ2v) is 8.26. The van der Waals surface area contributed by atoms with Crippen LogP contribution in [0.2, 0.25) is 0 Å². The van der Waals surface area contributed by atoms with Gasteiger partial charge in [0.15, 0.2) is 0 Å². The molecule has 2 rings (SSSR count). The van der Waals surface area contributed by atoms with Crippen molar-refractivity contribution in [3.05, 3.63) is 35.4 Å². The van der Waals surface area contributed by atoms with Crippen LogP contribution in [0.3, 0.4) is 0 Å². The SMILES string of the molecule is COCCCNC(=O)C(C)S(=O)Cc1ccc(C(=O)N2CCCC2)cc1. The van der Waals surface area contributed by atoms with Gasteiger partial charge in [-0.15, -0.1) is 0 Å². The molecule has 1 aliphatic heterocycles. The summed E-state index contributed by atoms with van der Waals surface area (Å²) in [6.07, 6.45) is 2.86. The van der Waals surface area contributed by atoms with Gasteiger partial charge in [0, 0.05) is 55.5 Å². The highest BCUT2D eigenvalue weighted by Crippen LogP contribution is 2.15. The van der Waals surface area contributed by atoms with Crippen molar-refractivity contribution in [1.82, 2.24) is 10.2 Å². The van der Waals surface area contributed by atoms with Gasteiger partial charge in [-0.05, 0) is 43.9 Å². The highest BCUT2D eigenvalue weighted by molar-refractivity contribution is 7.85. The molecule has 2 unspecified atom stereocenters. The Kier molecular flexibility index (Phi) is 8.25. The second-order valence-electron chi connectivity index (χ2n) is 6.50. The lowest BCUT2D eigenvalue weighted by atomic mass is 10.1. The molecule has 0 aliphatic carbocycles. The van der Waals surface area contributed by atoms with Gasteiger partial charge in [-0.3, -0.25) is 13.8 Å². The summed E-state index contributed by atoms with van der Waals surface area (Å²) in [6.45, 7) is 4.41. The van der Waals surface area contributed by atoms with Crippen LogP contribution in [0.5, 0.6) is 0 Å². The second kappa shape index (κ2) is 10.4. The molecule has 0 radical (unpaired) electrons. The van der Waals surface area contributed by atoms with Crippen LogP contribution in [-0.2, 0) is 26.1 Å². The lowest BCUT2D eigenvalue weighted by Crippen LogP contribution is -2.36. The molecule has 6 nitrogen and oxygen atoms in total. The zero-order valence-corrected chi connectivity index (χ0v) is 16.3. The molecule has 2 amide bonds. The average molecular weight is 381 g/mol. The van der Waals surface area contributed by atoms with Gasteiger partial charge in [-0.25, -0.2) is 0 Å². The summed E-state index contributed by atoms with van der Waals surface area (Å²) in [5.41, 5.74) is 1.52. The van der Waals surface area contributed by atoms with E-state index in [4.69, 9.17) is 4.74 Å². The lowest BCUT2D eigenvalue weighted by molar-refractivity contribution is -0.120. The van der Waals surface area contributed by atoms with Crippen molar-refractivity contribution < 1.29 is 18.5 Å². The maximum Gasteiger partial charge on any atom is 0.253 e. The molecular weight excluding hydrogens is 352 g/mol. The summed E-state index contributed by atoms with van der Waals surface area (Å²) >= 11 is 0. The van der Waals surface area contributed by atoms with E-state index in [9.17, 15) is 13.8 Å². The van der Waals surface area contributed by atoms with Crippen molar-refractivity contribution in [2.24, 2.45) is 0 Å². The van der Waals surface area contributed by atoms with Crippen molar-refractivity contribution in [2.75, 3.05) is 33.4 Å². The molecule has 1 heterocycles. The van der Waals surface area contributed by atoms with Gasteiger partial charge < -0.3 is 15.0 Å². The minimum atomic E-state index is -1.31. The third-order valence-electron chi connectivity index (χ3n) is 4.49. The Hall–Kier alpha value is -1.73. The smallest absolute Gasteiger partial charge is 0.253 e. The normalized spacial score (nSPS) is 16.3. The molecule has 1 saturated heterocycles. The first-order chi connectivity index (χ1) is 12.5. The third kappa shape index (κ3) is 5.92. The van der Waals surface area contributed by atoms with Gasteiger partial charge in [0.25, 0.3) is 5.91 Å². The number of likely N-dealkylation sites (tertiary alicyclic amines) is 1. The van der Waals surface area contributed by atoms with E-state index < -0.39 is 16.0 Å². The number of rotatable bonds is 9. The lowest BCUT2D eigenvalue weighted by Gasteiger charge is -2.15. The number of amides is 2. The minimum absolute atomic E-state index is 0.0546. The number of hydrogen-bond donors (Lipinski definition) is 1. The average Bonchev–Trinajstić information content (AvgIpc) is 3.19. The Morgan fingerprint density at radius 1 is 1.23 bits per heavy atom. The molecule has 1 aromatic rings. The number of carbonyl (C=O) groups is 2. The van der Waals surface area contributed by atoms with Crippen LogP contribution < -0.4 is 5.32 Å². The zero-order valence-electron chi connectivity index (χ0n) is 15.5. The largest absolute Gasteiger partial charge is 0.385 e. The molecule has 2 atom stereocenters. The van der Waals surface area contributed by atoms with E-state index in [-0.39, 0.29) is 11.8 Å². The Bertz CT molecular complexity index is 627. The molecule has 0 aromatic heterocycles. The summed E-state index contributed by atoms with van der Waals surface area (Å²) in [6, 6.07) is 7.21. The highest BCUT2D eigenvalue weighted by Gasteiger charge is 2.21. The van der Waals surface area contributed by atoms with Gasteiger partial charge in [-0.1, -0.05) is 12.1 Å². The van der Waals surface area contributed by atoms with Gasteiger partial charge >= 0.3 is 0 Å². The molecular formula is C19H28N2O4S. The molecule has 0 saturated carbocycles. The Labute approximate surface area is 157 Å². The van der Waals surface area contributed by atoms with Gasteiger partial charge in [0.2, 0.25) is 5.91 Å². The summed E-state index contributed by atoms with van der Waals surface area (Å²) in [4.78, 5) is 26.2. The van der Waals surface area contributed by atoms with Gasteiger partial charge in [0.1, 0.15) is 5.25 Å². The molecule has 26 heavy (non-hydrogen) atoms. The highest BCUT2D eigenvalue weighted by atomic mass is 32.2. The summed E-state index contributed by atoms with van der Waals surface area (Å²) in [7, 11) is 0.304. The topological polar surface area (TPSA) is 75.7 Å². The summed E-state index contributed by atoms with van der Waals surface area (Å²) in [5, 5.41) is 2.20. The van der Waals surface area contributed by atoms with Gasteiger partial charge in [0.05, 0.1) is 0 Å². The van der Waals surface area contributed by atoms with E-state index >= 15 is 0 Å². The van der Waals surface area contributed by atoms with E-state index in [1.165, 1.54) is 0 Å². The monoisotopic (exact) mass is 380 g/mol. The van der Waals surface area contributed by atoms with Crippen LogP contribution in [0.25, 0.3) is 0 Å². The molecule has 0 spiro atoms. The van der Waals surface area contributed by atoms with Crippen molar-refractivity contribution in [3.8, 4) is 0 Å². The predicted octanol–water partition coefficient (Wildman–Crippen LogP) is 1.71. The first-order valence-electron chi connectivity index (χ1n) is 9.05. The third-order valence-corrected chi connectivity index (χ3v) is 6.11. The first kappa shape index (κ1) is 20.6. The Morgan fingerprint density at radius 3 is 2.50 bits per heavy atom. The molecule has 144 valence electrons. The van der Waals surface area contributed by atoms with Crippen molar-refractivity contribution >= 4 is 22.6 Å². The maximum absolute atomic E-state index is 12.4. The number of nitrogens with zero attached hydrogens (tertiary/aromatic N) is 1. The number of nitrogens with one attached hydrogen (secondary N) is 1. The van der Waals surface area contributed by atoms with Crippen molar-refractivity contribution in [1.29, 1.82) is 0 Å². The van der Waals surface area contributed by atoms with Gasteiger partial charge in [-0.2, -0.15) is 0 Å². The Morgan fingerprint density at radius 2 is 1.88 bits per heavy atom. The van der Waals surface area contributed by atoms with Crippen LogP contribution in [-0.4, -0.2) is 59.5 Å². The minimum Gasteiger partial charge on any atom is -0.385 e. The fourth-order valence-corrected chi connectivity index (χ4v) is 3.92. The van der Waals surface area contributed by atoms with Crippen LogP contribution in [0.15, 0.2) is 24.3 Å². The number of carbonyl (C=O) groups excluding carboxylic acids is 2. The van der Waals surface area contributed by atoms with Crippen molar-refractivity contribution in [2.45, 2.75) is 37.2 Å². The molecule has 1 aromatic carbocycles. The van der Waals surface area contributed by atoms with Crippen molar-refractivity contribution in [3.63, 3.8) is 0 Å². The number of benzene rings is 1. The van der Waals surface area contributed by atoms with E-state index in [2.05, 4.69) is 5.32 Å². The zero-order chi connectivity index (χ0) is 18.9. The fraction of sp³-hybridized carbons (Fsp3) is 0.579.